The first-order valence-corrected chi connectivity index (χ1v) is 9.68. The van der Waals surface area contributed by atoms with Gasteiger partial charge in [0.1, 0.15) is 11.6 Å². The Kier molecular flexibility index (Phi) is 3.97. The molecule has 2 N–H and O–H groups in total. The standard InChI is InChI=1S/C19H18FN3O3S/c1-22(2)27(25,26)23-9-8-12-10-13(20)6-7-14(12)19(23)16-11-21-18-15(16)4-3-5-17(18)24/h3-11,19,21,24H,1-2H3. The van der Waals surface area contributed by atoms with Crippen molar-refractivity contribution in [2.24, 2.45) is 0 Å². The summed E-state index contributed by atoms with van der Waals surface area (Å²) in [4.78, 5) is 3.01. The fourth-order valence-corrected chi connectivity index (χ4v) is 4.49. The van der Waals surface area contributed by atoms with Crippen LogP contribution in [0, 0.1) is 5.82 Å². The summed E-state index contributed by atoms with van der Waals surface area (Å²) in [5, 5.41) is 10.8. The Morgan fingerprint density at radius 3 is 2.70 bits per heavy atom. The Balaban J connectivity index is 2.00. The maximum atomic E-state index is 13.7. The Hall–Kier alpha value is -2.84. The number of para-hydroxylation sites is 1. The highest BCUT2D eigenvalue weighted by molar-refractivity contribution is 7.86. The number of aromatic amines is 1. The van der Waals surface area contributed by atoms with Crippen LogP contribution in [-0.2, 0) is 10.2 Å². The maximum absolute atomic E-state index is 13.7. The van der Waals surface area contributed by atoms with Crippen LogP contribution < -0.4 is 0 Å². The van der Waals surface area contributed by atoms with E-state index < -0.39 is 22.1 Å². The quantitative estimate of drug-likeness (QED) is 0.725. The number of phenols is 1. The summed E-state index contributed by atoms with van der Waals surface area (Å²) in [7, 11) is -0.877. The molecule has 0 amide bonds. The van der Waals surface area contributed by atoms with Crippen LogP contribution in [0.3, 0.4) is 0 Å². The summed E-state index contributed by atoms with van der Waals surface area (Å²) in [5.41, 5.74) is 2.46. The van der Waals surface area contributed by atoms with Gasteiger partial charge in [-0.15, -0.1) is 0 Å². The van der Waals surface area contributed by atoms with E-state index in [1.165, 1.54) is 36.7 Å². The van der Waals surface area contributed by atoms with E-state index in [2.05, 4.69) is 4.98 Å². The second-order valence-electron chi connectivity index (χ2n) is 6.56. The number of nitrogens with zero attached hydrogens (tertiary/aromatic N) is 2. The van der Waals surface area contributed by atoms with E-state index in [0.29, 0.717) is 27.6 Å². The van der Waals surface area contributed by atoms with Crippen LogP contribution in [0.1, 0.15) is 22.7 Å². The Bertz CT molecular complexity index is 1170. The molecule has 0 fully saturated rings. The van der Waals surface area contributed by atoms with Crippen molar-refractivity contribution in [1.82, 2.24) is 13.6 Å². The van der Waals surface area contributed by atoms with E-state index in [-0.39, 0.29) is 5.75 Å². The molecule has 3 aromatic rings. The van der Waals surface area contributed by atoms with Crippen LogP contribution in [-0.4, -0.2) is 41.2 Å². The third kappa shape index (κ3) is 2.68. The molecule has 4 rings (SSSR count). The number of benzene rings is 2. The molecule has 1 aromatic heterocycles. The summed E-state index contributed by atoms with van der Waals surface area (Å²) in [5.74, 6) is -0.316. The summed E-state index contributed by atoms with van der Waals surface area (Å²) >= 11 is 0. The zero-order valence-corrected chi connectivity index (χ0v) is 15.5. The van der Waals surface area contributed by atoms with Crippen molar-refractivity contribution in [3.05, 3.63) is 71.3 Å². The second kappa shape index (κ2) is 6.11. The summed E-state index contributed by atoms with van der Waals surface area (Å²) in [6.45, 7) is 0. The largest absolute Gasteiger partial charge is 0.506 e. The van der Waals surface area contributed by atoms with Crippen molar-refractivity contribution >= 4 is 27.2 Å². The lowest BCUT2D eigenvalue weighted by atomic mass is 9.92. The minimum absolute atomic E-state index is 0.0754. The van der Waals surface area contributed by atoms with Gasteiger partial charge in [-0.1, -0.05) is 18.2 Å². The molecule has 0 saturated carbocycles. The number of fused-ring (bicyclic) bond motifs is 2. The van der Waals surface area contributed by atoms with Crippen molar-refractivity contribution in [3.8, 4) is 5.75 Å². The molecule has 8 heteroatoms. The van der Waals surface area contributed by atoms with Crippen molar-refractivity contribution in [2.75, 3.05) is 14.1 Å². The number of aromatic nitrogens is 1. The van der Waals surface area contributed by atoms with Gasteiger partial charge in [0.05, 0.1) is 11.6 Å². The monoisotopic (exact) mass is 387 g/mol. The maximum Gasteiger partial charge on any atom is 0.303 e. The first-order chi connectivity index (χ1) is 12.8. The van der Waals surface area contributed by atoms with E-state index in [1.807, 2.05) is 6.07 Å². The second-order valence-corrected chi connectivity index (χ2v) is 8.60. The number of phenolic OH excluding ortho intramolecular Hbond substituents is 1. The van der Waals surface area contributed by atoms with Crippen LogP contribution in [0.4, 0.5) is 4.39 Å². The fourth-order valence-electron chi connectivity index (χ4n) is 3.41. The van der Waals surface area contributed by atoms with E-state index >= 15 is 0 Å². The zero-order valence-electron chi connectivity index (χ0n) is 14.7. The minimum atomic E-state index is -3.80. The van der Waals surface area contributed by atoms with Crippen LogP contribution >= 0.6 is 0 Å². The van der Waals surface area contributed by atoms with Crippen LogP contribution in [0.5, 0.6) is 5.75 Å². The third-order valence-electron chi connectivity index (χ3n) is 4.75. The van der Waals surface area contributed by atoms with Gasteiger partial charge in [-0.2, -0.15) is 12.7 Å². The molecule has 6 nitrogen and oxygen atoms in total. The predicted octanol–water partition coefficient (Wildman–Crippen LogP) is 3.19. The molecule has 1 aliphatic heterocycles. The third-order valence-corrected chi connectivity index (χ3v) is 6.54. The van der Waals surface area contributed by atoms with E-state index in [4.69, 9.17) is 0 Å². The van der Waals surface area contributed by atoms with E-state index in [9.17, 15) is 17.9 Å². The summed E-state index contributed by atoms with van der Waals surface area (Å²) in [6, 6.07) is 8.66. The number of hydrogen-bond acceptors (Lipinski definition) is 3. The van der Waals surface area contributed by atoms with Gasteiger partial charge in [-0.05, 0) is 35.4 Å². The number of H-pyrrole nitrogens is 1. The van der Waals surface area contributed by atoms with Gasteiger partial charge in [-0.25, -0.2) is 4.39 Å². The average molecular weight is 387 g/mol. The van der Waals surface area contributed by atoms with Crippen LogP contribution in [0.2, 0.25) is 0 Å². The van der Waals surface area contributed by atoms with E-state index in [1.54, 1.807) is 30.5 Å². The lowest BCUT2D eigenvalue weighted by Gasteiger charge is -2.35. The first-order valence-electron chi connectivity index (χ1n) is 8.28. The highest BCUT2D eigenvalue weighted by atomic mass is 32.2. The lowest BCUT2D eigenvalue weighted by molar-refractivity contribution is 0.403. The van der Waals surface area contributed by atoms with Crippen LogP contribution in [0.25, 0.3) is 17.0 Å². The molecule has 0 saturated heterocycles. The van der Waals surface area contributed by atoms with Crippen molar-refractivity contribution in [1.29, 1.82) is 0 Å². The molecular weight excluding hydrogens is 369 g/mol. The van der Waals surface area contributed by atoms with Gasteiger partial charge in [0.25, 0.3) is 0 Å². The molecule has 1 aliphatic rings. The molecule has 0 spiro atoms. The number of halogens is 1. The predicted molar refractivity (Wildman–Crippen MR) is 102 cm³/mol. The average Bonchev–Trinajstić information content (AvgIpc) is 3.05. The SMILES string of the molecule is CN(C)S(=O)(=O)N1C=Cc2cc(F)ccc2C1c1c[nH]c2c(O)cccc12. The number of nitrogens with one attached hydrogen (secondary N) is 1. The molecular formula is C19H18FN3O3S. The molecule has 1 unspecified atom stereocenters. The normalized spacial score (nSPS) is 16.9. The molecule has 0 radical (unpaired) electrons. The smallest absolute Gasteiger partial charge is 0.303 e. The molecule has 140 valence electrons. The molecule has 1 atom stereocenters. The molecule has 2 aromatic carbocycles. The van der Waals surface area contributed by atoms with Gasteiger partial charge >= 0.3 is 10.2 Å². The van der Waals surface area contributed by atoms with Gasteiger partial charge in [0.15, 0.2) is 0 Å². The van der Waals surface area contributed by atoms with Crippen molar-refractivity contribution in [3.63, 3.8) is 0 Å². The Morgan fingerprint density at radius 1 is 1.19 bits per heavy atom. The van der Waals surface area contributed by atoms with Gasteiger partial charge in [-0.3, -0.25) is 4.31 Å². The summed E-state index contributed by atoms with van der Waals surface area (Å²) < 4.78 is 42.0. The van der Waals surface area contributed by atoms with Gasteiger partial charge < -0.3 is 10.1 Å². The summed E-state index contributed by atoms with van der Waals surface area (Å²) in [6.07, 6.45) is 4.71. The van der Waals surface area contributed by atoms with Gasteiger partial charge in [0.2, 0.25) is 0 Å². The number of rotatable bonds is 3. The minimum Gasteiger partial charge on any atom is -0.506 e. The van der Waals surface area contributed by atoms with Crippen molar-refractivity contribution < 1.29 is 17.9 Å². The van der Waals surface area contributed by atoms with Crippen LogP contribution in [0.15, 0.2) is 48.8 Å². The topological polar surface area (TPSA) is 76.6 Å². The molecule has 0 aliphatic carbocycles. The number of aromatic hydroxyl groups is 1. The van der Waals surface area contributed by atoms with Gasteiger partial charge in [0, 0.05) is 37.4 Å². The lowest BCUT2D eigenvalue weighted by Crippen LogP contribution is -2.40. The highest BCUT2D eigenvalue weighted by Crippen LogP contribution is 2.41. The molecule has 0 bridgehead atoms. The van der Waals surface area contributed by atoms with E-state index in [0.717, 1.165) is 4.31 Å². The molecule has 2 heterocycles. The Labute approximate surface area is 156 Å². The fraction of sp³-hybridized carbons (Fsp3) is 0.158. The highest BCUT2D eigenvalue weighted by Gasteiger charge is 2.36. The Morgan fingerprint density at radius 2 is 1.96 bits per heavy atom. The first kappa shape index (κ1) is 17.6. The molecule has 27 heavy (non-hydrogen) atoms. The number of hydrogen-bond donors (Lipinski definition) is 2. The zero-order chi connectivity index (χ0) is 19.3. The van der Waals surface area contributed by atoms with Crippen molar-refractivity contribution in [2.45, 2.75) is 6.04 Å².